The number of carbonyl (C=O) groups is 3. The standard InChI is InChI=1S/C14H19N3O4/c1-10(13(15)20)16-14(21)17(9-5-8-12(18)19)11-6-3-2-4-7-11/h2-4,6-7,10H,5,8-9H2,1H3,(H2,15,20)(H,16,21)(H,18,19). The van der Waals surface area contributed by atoms with Gasteiger partial charge in [0.25, 0.3) is 0 Å². The van der Waals surface area contributed by atoms with Crippen LogP contribution >= 0.6 is 0 Å². The van der Waals surface area contributed by atoms with Crippen LogP contribution in [0, 0.1) is 0 Å². The molecule has 0 aliphatic heterocycles. The van der Waals surface area contributed by atoms with E-state index in [1.54, 1.807) is 24.3 Å². The number of para-hydroxylation sites is 1. The first-order chi connectivity index (χ1) is 9.91. The Morgan fingerprint density at radius 3 is 2.43 bits per heavy atom. The number of nitrogens with two attached hydrogens (primary N) is 1. The minimum Gasteiger partial charge on any atom is -0.481 e. The molecule has 21 heavy (non-hydrogen) atoms. The third kappa shape index (κ3) is 5.52. The van der Waals surface area contributed by atoms with Crippen molar-refractivity contribution in [2.75, 3.05) is 11.4 Å². The number of primary amides is 1. The monoisotopic (exact) mass is 293 g/mol. The molecule has 1 aromatic rings. The van der Waals surface area contributed by atoms with Gasteiger partial charge in [-0.2, -0.15) is 0 Å². The number of carboxylic acids is 1. The van der Waals surface area contributed by atoms with Gasteiger partial charge in [-0.15, -0.1) is 0 Å². The number of carbonyl (C=O) groups excluding carboxylic acids is 2. The van der Waals surface area contributed by atoms with Gasteiger partial charge in [-0.05, 0) is 25.5 Å². The quantitative estimate of drug-likeness (QED) is 0.694. The van der Waals surface area contributed by atoms with E-state index in [1.807, 2.05) is 6.07 Å². The van der Waals surface area contributed by atoms with E-state index in [2.05, 4.69) is 5.32 Å². The molecule has 4 N–H and O–H groups in total. The molecule has 7 nitrogen and oxygen atoms in total. The molecule has 0 fully saturated rings. The van der Waals surface area contributed by atoms with Gasteiger partial charge < -0.3 is 16.2 Å². The summed E-state index contributed by atoms with van der Waals surface area (Å²) in [5, 5.41) is 11.2. The predicted octanol–water partition coefficient (Wildman–Crippen LogP) is 0.941. The van der Waals surface area contributed by atoms with Crippen molar-refractivity contribution in [1.82, 2.24) is 5.32 Å². The molecular weight excluding hydrogens is 274 g/mol. The van der Waals surface area contributed by atoms with Crippen LogP contribution in [0.4, 0.5) is 10.5 Å². The molecule has 0 radical (unpaired) electrons. The molecular formula is C14H19N3O4. The highest BCUT2D eigenvalue weighted by Gasteiger charge is 2.19. The first-order valence-electron chi connectivity index (χ1n) is 6.56. The molecule has 0 heterocycles. The number of anilines is 1. The number of carboxylic acid groups (broad SMARTS) is 1. The Bertz CT molecular complexity index is 504. The first kappa shape index (κ1) is 16.5. The lowest BCUT2D eigenvalue weighted by molar-refractivity contribution is -0.137. The van der Waals surface area contributed by atoms with Crippen molar-refractivity contribution >= 4 is 23.6 Å². The largest absolute Gasteiger partial charge is 0.481 e. The fourth-order valence-electron chi connectivity index (χ4n) is 1.68. The molecule has 0 saturated carbocycles. The number of benzene rings is 1. The normalized spacial score (nSPS) is 11.5. The Morgan fingerprint density at radius 1 is 1.29 bits per heavy atom. The van der Waals surface area contributed by atoms with E-state index in [0.717, 1.165) is 0 Å². The van der Waals surface area contributed by atoms with Crippen LogP contribution in [0.15, 0.2) is 30.3 Å². The Labute approximate surface area is 122 Å². The molecule has 7 heteroatoms. The second-order valence-electron chi connectivity index (χ2n) is 4.56. The SMILES string of the molecule is CC(NC(=O)N(CCCC(=O)O)c1ccccc1)C(N)=O. The third-order valence-corrected chi connectivity index (χ3v) is 2.85. The lowest BCUT2D eigenvalue weighted by Crippen LogP contribution is -2.49. The van der Waals surface area contributed by atoms with Crippen LogP contribution in [0.25, 0.3) is 0 Å². The highest BCUT2D eigenvalue weighted by Crippen LogP contribution is 2.14. The zero-order valence-electron chi connectivity index (χ0n) is 11.8. The van der Waals surface area contributed by atoms with Crippen molar-refractivity contribution in [3.05, 3.63) is 30.3 Å². The van der Waals surface area contributed by atoms with Crippen LogP contribution in [-0.4, -0.2) is 35.6 Å². The summed E-state index contributed by atoms with van der Waals surface area (Å²) in [6.45, 7) is 1.72. The van der Waals surface area contributed by atoms with E-state index in [9.17, 15) is 14.4 Å². The summed E-state index contributed by atoms with van der Waals surface area (Å²) >= 11 is 0. The molecule has 0 spiro atoms. The lowest BCUT2D eigenvalue weighted by atomic mass is 10.2. The number of hydrogen-bond donors (Lipinski definition) is 3. The molecule has 1 aromatic carbocycles. The molecule has 0 aromatic heterocycles. The van der Waals surface area contributed by atoms with Gasteiger partial charge in [-0.3, -0.25) is 14.5 Å². The summed E-state index contributed by atoms with van der Waals surface area (Å²) in [6, 6.07) is 7.52. The van der Waals surface area contributed by atoms with Gasteiger partial charge in [0.15, 0.2) is 0 Å². The third-order valence-electron chi connectivity index (χ3n) is 2.85. The van der Waals surface area contributed by atoms with E-state index in [0.29, 0.717) is 12.1 Å². The minimum atomic E-state index is -0.922. The highest BCUT2D eigenvalue weighted by atomic mass is 16.4. The van der Waals surface area contributed by atoms with Gasteiger partial charge in [-0.1, -0.05) is 18.2 Å². The van der Waals surface area contributed by atoms with Crippen molar-refractivity contribution in [2.24, 2.45) is 5.73 Å². The lowest BCUT2D eigenvalue weighted by Gasteiger charge is -2.24. The summed E-state index contributed by atoms with van der Waals surface area (Å²) in [5.41, 5.74) is 5.74. The van der Waals surface area contributed by atoms with Gasteiger partial charge in [-0.25, -0.2) is 4.79 Å². The van der Waals surface area contributed by atoms with E-state index in [4.69, 9.17) is 10.8 Å². The zero-order chi connectivity index (χ0) is 15.8. The topological polar surface area (TPSA) is 113 Å². The molecule has 0 aliphatic rings. The molecule has 114 valence electrons. The van der Waals surface area contributed by atoms with Crippen molar-refractivity contribution in [1.29, 1.82) is 0 Å². The average molecular weight is 293 g/mol. The van der Waals surface area contributed by atoms with E-state index in [1.165, 1.54) is 11.8 Å². The molecule has 3 amide bonds. The smallest absolute Gasteiger partial charge is 0.322 e. The minimum absolute atomic E-state index is 0.0397. The van der Waals surface area contributed by atoms with Crippen LogP contribution in [0.1, 0.15) is 19.8 Å². The number of aliphatic carboxylic acids is 1. The van der Waals surface area contributed by atoms with Crippen molar-refractivity contribution in [2.45, 2.75) is 25.8 Å². The van der Waals surface area contributed by atoms with Crippen molar-refractivity contribution in [3.8, 4) is 0 Å². The molecule has 1 rings (SSSR count). The summed E-state index contributed by atoms with van der Waals surface area (Å²) in [6.07, 6.45) is 0.268. The van der Waals surface area contributed by atoms with Crippen molar-refractivity contribution < 1.29 is 19.5 Å². The Kier molecular flexibility index (Phi) is 6.19. The second-order valence-corrected chi connectivity index (χ2v) is 4.56. The number of rotatable bonds is 7. The molecule has 1 unspecified atom stereocenters. The summed E-state index contributed by atoms with van der Waals surface area (Å²) in [5.74, 6) is -1.56. The fraction of sp³-hybridized carbons (Fsp3) is 0.357. The maximum atomic E-state index is 12.2. The summed E-state index contributed by atoms with van der Waals surface area (Å²) < 4.78 is 0. The van der Waals surface area contributed by atoms with Gasteiger partial charge >= 0.3 is 12.0 Å². The van der Waals surface area contributed by atoms with Gasteiger partial charge in [0, 0.05) is 18.7 Å². The fourth-order valence-corrected chi connectivity index (χ4v) is 1.68. The van der Waals surface area contributed by atoms with Gasteiger partial charge in [0.1, 0.15) is 6.04 Å². The van der Waals surface area contributed by atoms with Crippen LogP contribution < -0.4 is 16.0 Å². The number of hydrogen-bond acceptors (Lipinski definition) is 3. The van der Waals surface area contributed by atoms with Crippen LogP contribution in [0.5, 0.6) is 0 Å². The summed E-state index contributed by atoms with van der Waals surface area (Å²) in [4.78, 5) is 35.2. The van der Waals surface area contributed by atoms with Gasteiger partial charge in [0.2, 0.25) is 5.91 Å². The predicted molar refractivity (Wildman–Crippen MR) is 77.8 cm³/mol. The number of nitrogens with zero attached hydrogens (tertiary/aromatic N) is 1. The number of amides is 3. The molecule has 0 saturated heterocycles. The Hall–Kier alpha value is -2.57. The van der Waals surface area contributed by atoms with E-state index < -0.39 is 23.9 Å². The number of urea groups is 1. The zero-order valence-corrected chi connectivity index (χ0v) is 11.8. The van der Waals surface area contributed by atoms with E-state index >= 15 is 0 Å². The first-order valence-corrected chi connectivity index (χ1v) is 6.56. The van der Waals surface area contributed by atoms with Crippen LogP contribution in [0.2, 0.25) is 0 Å². The summed E-state index contributed by atoms with van der Waals surface area (Å²) in [7, 11) is 0. The number of nitrogens with one attached hydrogen (secondary N) is 1. The Morgan fingerprint density at radius 2 is 1.90 bits per heavy atom. The van der Waals surface area contributed by atoms with Crippen LogP contribution in [-0.2, 0) is 9.59 Å². The Balaban J connectivity index is 2.78. The average Bonchev–Trinajstić information content (AvgIpc) is 2.43. The maximum absolute atomic E-state index is 12.2. The van der Waals surface area contributed by atoms with Crippen molar-refractivity contribution in [3.63, 3.8) is 0 Å². The van der Waals surface area contributed by atoms with Crippen LogP contribution in [0.3, 0.4) is 0 Å². The second kappa shape index (κ2) is 7.88. The molecule has 0 aliphatic carbocycles. The highest BCUT2D eigenvalue weighted by molar-refractivity contribution is 5.95. The molecule has 1 atom stereocenters. The maximum Gasteiger partial charge on any atom is 0.322 e. The molecule has 0 bridgehead atoms. The van der Waals surface area contributed by atoms with Gasteiger partial charge in [0.05, 0.1) is 0 Å². The van der Waals surface area contributed by atoms with E-state index in [-0.39, 0.29) is 13.0 Å².